The molecule has 1 aliphatic rings. The molecule has 1 nitrogen and oxygen atoms in total. The Balaban J connectivity index is 2.35. The second-order valence-corrected chi connectivity index (χ2v) is 1.52. The van der Waals surface area contributed by atoms with Gasteiger partial charge in [0.1, 0.15) is 6.10 Å². The Morgan fingerprint density at radius 2 is 2.71 bits per heavy atom. The Morgan fingerprint density at radius 3 is 3.00 bits per heavy atom. The maximum Gasteiger partial charge on any atom is 0.119 e. The second-order valence-electron chi connectivity index (χ2n) is 1.52. The number of hydrogen-bond donors (Lipinski definition) is 0. The quantitative estimate of drug-likeness (QED) is 0.449. The van der Waals surface area contributed by atoms with Crippen LogP contribution < -0.4 is 0 Å². The number of ether oxygens (including phenoxy) is 1. The van der Waals surface area contributed by atoms with E-state index in [0.717, 1.165) is 6.42 Å². The van der Waals surface area contributed by atoms with E-state index in [-0.39, 0.29) is 6.10 Å². The predicted molar refractivity (Wildman–Crippen MR) is 28.8 cm³/mol. The smallest absolute Gasteiger partial charge is 0.119 e. The zero-order valence-electron chi connectivity index (χ0n) is 4.13. The summed E-state index contributed by atoms with van der Waals surface area (Å²) in [5.74, 6) is 0. The van der Waals surface area contributed by atoms with Crippen LogP contribution in [0.15, 0.2) is 25.0 Å². The van der Waals surface area contributed by atoms with Crippen LogP contribution in [-0.2, 0) is 4.74 Å². The molecule has 1 atom stereocenters. The molecule has 0 N–H and O–H groups in total. The van der Waals surface area contributed by atoms with Crippen molar-refractivity contribution in [1.29, 1.82) is 0 Å². The van der Waals surface area contributed by atoms with Crippen molar-refractivity contribution in [2.45, 2.75) is 12.5 Å². The third-order valence-electron chi connectivity index (χ3n) is 0.981. The maximum atomic E-state index is 5.00. The minimum Gasteiger partial charge on any atom is -0.494 e. The lowest BCUT2D eigenvalue weighted by Gasteiger charge is -1.99. The van der Waals surface area contributed by atoms with E-state index in [0.29, 0.717) is 0 Å². The first-order valence-electron chi connectivity index (χ1n) is 2.36. The molecule has 0 aromatic heterocycles. The zero-order valence-corrected chi connectivity index (χ0v) is 4.13. The van der Waals surface area contributed by atoms with E-state index in [1.807, 2.05) is 6.08 Å². The summed E-state index contributed by atoms with van der Waals surface area (Å²) in [6.07, 6.45) is 6.75. The van der Waals surface area contributed by atoms with Crippen molar-refractivity contribution >= 4 is 0 Å². The van der Waals surface area contributed by atoms with Gasteiger partial charge in [0.05, 0.1) is 6.26 Å². The van der Waals surface area contributed by atoms with Gasteiger partial charge in [0.25, 0.3) is 0 Å². The molecule has 0 spiro atoms. The van der Waals surface area contributed by atoms with Gasteiger partial charge >= 0.3 is 0 Å². The third-order valence-corrected chi connectivity index (χ3v) is 0.981. The Labute approximate surface area is 43.3 Å². The Kier molecular flexibility index (Phi) is 1.16. The van der Waals surface area contributed by atoms with E-state index in [9.17, 15) is 0 Å². The van der Waals surface area contributed by atoms with Crippen LogP contribution in [0.25, 0.3) is 0 Å². The lowest BCUT2D eigenvalue weighted by atomic mass is 10.3. The van der Waals surface area contributed by atoms with Crippen molar-refractivity contribution in [2.75, 3.05) is 0 Å². The zero-order chi connectivity index (χ0) is 5.11. The van der Waals surface area contributed by atoms with Crippen LogP contribution in [-0.4, -0.2) is 6.10 Å². The minimum atomic E-state index is 0.250. The van der Waals surface area contributed by atoms with Crippen molar-refractivity contribution in [3.05, 3.63) is 25.0 Å². The Hall–Kier alpha value is -0.720. The Morgan fingerprint density at radius 1 is 1.86 bits per heavy atom. The molecule has 1 aliphatic heterocycles. The number of hydrogen-bond acceptors (Lipinski definition) is 1. The molecule has 1 unspecified atom stereocenters. The van der Waals surface area contributed by atoms with Crippen LogP contribution >= 0.6 is 0 Å². The van der Waals surface area contributed by atoms with Gasteiger partial charge in [-0.15, -0.1) is 0 Å². The van der Waals surface area contributed by atoms with Crippen LogP contribution in [0, 0.1) is 0 Å². The summed E-state index contributed by atoms with van der Waals surface area (Å²) >= 11 is 0. The van der Waals surface area contributed by atoms with E-state index in [2.05, 4.69) is 6.58 Å². The van der Waals surface area contributed by atoms with Gasteiger partial charge in [-0.25, -0.2) is 0 Å². The molecule has 0 saturated heterocycles. The normalized spacial score (nSPS) is 27.1. The third kappa shape index (κ3) is 0.829. The molecule has 38 valence electrons. The van der Waals surface area contributed by atoms with Gasteiger partial charge < -0.3 is 4.74 Å². The van der Waals surface area contributed by atoms with Gasteiger partial charge in [0, 0.05) is 6.42 Å². The van der Waals surface area contributed by atoms with E-state index in [1.165, 1.54) is 0 Å². The lowest BCUT2D eigenvalue weighted by molar-refractivity contribution is 0.215. The lowest BCUT2D eigenvalue weighted by Crippen LogP contribution is -1.96. The molecular weight excluding hydrogens is 88.1 g/mol. The summed E-state index contributed by atoms with van der Waals surface area (Å²) in [6, 6.07) is 0. The van der Waals surface area contributed by atoms with Crippen molar-refractivity contribution in [3.63, 3.8) is 0 Å². The Bertz CT molecular complexity index is 86.4. The van der Waals surface area contributed by atoms with Crippen LogP contribution in [0.5, 0.6) is 0 Å². The summed E-state index contributed by atoms with van der Waals surface area (Å²) in [5, 5.41) is 0. The minimum absolute atomic E-state index is 0.250. The molecule has 0 amide bonds. The van der Waals surface area contributed by atoms with Crippen LogP contribution in [0.4, 0.5) is 0 Å². The molecule has 1 heterocycles. The maximum absolute atomic E-state index is 5.00. The van der Waals surface area contributed by atoms with Gasteiger partial charge in [-0.1, -0.05) is 12.7 Å². The standard InChI is InChI=1S/C6H8O/c1-2-6-4-3-5-7-6/h2-3,5-6H,1,4H2. The van der Waals surface area contributed by atoms with Crippen LogP contribution in [0.3, 0.4) is 0 Å². The summed E-state index contributed by atoms with van der Waals surface area (Å²) in [7, 11) is 0. The highest BCUT2D eigenvalue weighted by atomic mass is 16.5. The van der Waals surface area contributed by atoms with Crippen molar-refractivity contribution in [2.24, 2.45) is 0 Å². The molecule has 0 radical (unpaired) electrons. The summed E-state index contributed by atoms with van der Waals surface area (Å²) in [5.41, 5.74) is 0. The van der Waals surface area contributed by atoms with E-state index >= 15 is 0 Å². The largest absolute Gasteiger partial charge is 0.494 e. The van der Waals surface area contributed by atoms with Crippen molar-refractivity contribution < 1.29 is 4.74 Å². The molecule has 1 heteroatoms. The average molecular weight is 96.1 g/mol. The van der Waals surface area contributed by atoms with Gasteiger partial charge in [-0.2, -0.15) is 0 Å². The molecular formula is C6H8O. The predicted octanol–water partition coefficient (Wildman–Crippen LogP) is 1.47. The highest BCUT2D eigenvalue weighted by Crippen LogP contribution is 2.07. The van der Waals surface area contributed by atoms with Crippen LogP contribution in [0.1, 0.15) is 6.42 Å². The topological polar surface area (TPSA) is 9.23 Å². The molecule has 0 aliphatic carbocycles. The molecule has 1 rings (SSSR count). The molecule has 0 bridgehead atoms. The first-order valence-corrected chi connectivity index (χ1v) is 2.36. The van der Waals surface area contributed by atoms with Gasteiger partial charge in [-0.3, -0.25) is 0 Å². The SMILES string of the molecule is C=CC1CC=CO1. The molecule has 0 aromatic rings. The summed E-state index contributed by atoms with van der Waals surface area (Å²) < 4.78 is 5.00. The van der Waals surface area contributed by atoms with Gasteiger partial charge in [0.15, 0.2) is 0 Å². The number of rotatable bonds is 1. The van der Waals surface area contributed by atoms with E-state index in [1.54, 1.807) is 12.3 Å². The molecule has 0 aromatic carbocycles. The monoisotopic (exact) mass is 96.1 g/mol. The van der Waals surface area contributed by atoms with E-state index < -0.39 is 0 Å². The molecule has 7 heavy (non-hydrogen) atoms. The van der Waals surface area contributed by atoms with Gasteiger partial charge in [0.2, 0.25) is 0 Å². The van der Waals surface area contributed by atoms with Crippen LogP contribution in [0.2, 0.25) is 0 Å². The van der Waals surface area contributed by atoms with Crippen molar-refractivity contribution in [1.82, 2.24) is 0 Å². The van der Waals surface area contributed by atoms with E-state index in [4.69, 9.17) is 4.74 Å². The van der Waals surface area contributed by atoms with Crippen molar-refractivity contribution in [3.8, 4) is 0 Å². The fourth-order valence-electron chi connectivity index (χ4n) is 0.553. The molecule has 0 saturated carbocycles. The first-order chi connectivity index (χ1) is 3.43. The highest BCUT2D eigenvalue weighted by Gasteiger charge is 2.03. The summed E-state index contributed by atoms with van der Waals surface area (Å²) in [6.45, 7) is 3.58. The first kappa shape index (κ1) is 4.44. The fraction of sp³-hybridized carbons (Fsp3) is 0.333. The fourth-order valence-corrected chi connectivity index (χ4v) is 0.553. The average Bonchev–Trinajstić information content (AvgIpc) is 2.14. The highest BCUT2D eigenvalue weighted by molar-refractivity contribution is 4.94. The second kappa shape index (κ2) is 1.82. The van der Waals surface area contributed by atoms with Gasteiger partial charge in [-0.05, 0) is 6.08 Å². The summed E-state index contributed by atoms with van der Waals surface area (Å²) in [4.78, 5) is 0. The molecule has 0 fully saturated rings.